The summed E-state index contributed by atoms with van der Waals surface area (Å²) in [6.45, 7) is 3.48. The Balaban J connectivity index is 1.37. The van der Waals surface area contributed by atoms with E-state index in [0.717, 1.165) is 18.4 Å². The fourth-order valence-electron chi connectivity index (χ4n) is 7.75. The molecular weight excluding hydrogens is 432 g/mol. The summed E-state index contributed by atoms with van der Waals surface area (Å²) in [4.78, 5) is 51.3. The number of carbonyl (C=O) groups is 4. The molecule has 3 fully saturated rings. The van der Waals surface area contributed by atoms with Crippen molar-refractivity contribution in [3.8, 4) is 0 Å². The second kappa shape index (κ2) is 7.98. The van der Waals surface area contributed by atoms with E-state index in [1.165, 1.54) is 0 Å². The summed E-state index contributed by atoms with van der Waals surface area (Å²) >= 11 is 0. The first-order valence-electron chi connectivity index (χ1n) is 12.3. The number of Topliss-reactive ketones (excluding diaryl/α,β-unsaturated/α-hetero) is 2. The molecule has 6 unspecified atom stereocenters. The molecule has 1 aromatic carbocycles. The second-order valence-electron chi connectivity index (χ2n) is 11.2. The van der Waals surface area contributed by atoms with Gasteiger partial charge < -0.3 is 9.84 Å². The number of aliphatic hydroxyl groups is 1. The zero-order chi connectivity index (χ0) is 24.3. The van der Waals surface area contributed by atoms with E-state index in [2.05, 4.69) is 6.92 Å². The lowest BCUT2D eigenvalue weighted by atomic mass is 9.46. The molecule has 4 aliphatic carbocycles. The van der Waals surface area contributed by atoms with Gasteiger partial charge in [0.2, 0.25) is 5.78 Å². The molecular formula is C28H32O6. The minimum absolute atomic E-state index is 0.0324. The molecule has 180 valence electrons. The van der Waals surface area contributed by atoms with Crippen LogP contribution in [0.2, 0.25) is 0 Å². The minimum Gasteiger partial charge on any atom is -0.454 e. The molecule has 6 atom stereocenters. The maximum atomic E-state index is 13.7. The van der Waals surface area contributed by atoms with Crippen LogP contribution in [0, 0.1) is 28.6 Å². The lowest BCUT2D eigenvalue weighted by Gasteiger charge is -2.57. The quantitative estimate of drug-likeness (QED) is 0.680. The Morgan fingerprint density at radius 2 is 1.79 bits per heavy atom. The van der Waals surface area contributed by atoms with Gasteiger partial charge in [0, 0.05) is 24.2 Å². The Kier molecular flexibility index (Phi) is 5.43. The lowest BCUT2D eigenvalue weighted by Crippen LogP contribution is -2.61. The van der Waals surface area contributed by atoms with E-state index in [4.69, 9.17) is 4.74 Å². The molecule has 0 spiro atoms. The molecule has 0 aromatic heterocycles. The van der Waals surface area contributed by atoms with E-state index in [1.54, 1.807) is 36.4 Å². The van der Waals surface area contributed by atoms with Crippen molar-refractivity contribution >= 4 is 23.3 Å². The highest BCUT2D eigenvalue weighted by Crippen LogP contribution is 2.66. The minimum atomic E-state index is -1.70. The van der Waals surface area contributed by atoms with E-state index >= 15 is 0 Å². The summed E-state index contributed by atoms with van der Waals surface area (Å²) in [7, 11) is 0. The van der Waals surface area contributed by atoms with Gasteiger partial charge in [0.05, 0.1) is 5.56 Å². The maximum absolute atomic E-state index is 13.7. The standard InChI is InChI=1S/C28H32O6/c1-26-12-10-19(29)14-18(26)8-9-20-21-11-13-28(33,27(21,2)15-22(30)24(20)26)23(31)16-34-25(32)17-6-4-3-5-7-17/h3-7,14,20-21,24,33H,8-13,15-16H2,1-2H3. The van der Waals surface area contributed by atoms with Gasteiger partial charge in [-0.25, -0.2) is 4.79 Å². The van der Waals surface area contributed by atoms with Crippen molar-refractivity contribution in [1.29, 1.82) is 0 Å². The Labute approximate surface area is 199 Å². The van der Waals surface area contributed by atoms with Crippen LogP contribution in [0.3, 0.4) is 0 Å². The van der Waals surface area contributed by atoms with Crippen LogP contribution in [0.25, 0.3) is 0 Å². The molecule has 1 aromatic rings. The van der Waals surface area contributed by atoms with Gasteiger partial charge in [0.15, 0.2) is 12.4 Å². The zero-order valence-corrected chi connectivity index (χ0v) is 19.8. The highest BCUT2D eigenvalue weighted by atomic mass is 16.5. The van der Waals surface area contributed by atoms with Gasteiger partial charge in [0.1, 0.15) is 11.4 Å². The lowest BCUT2D eigenvalue weighted by molar-refractivity contribution is -0.170. The molecule has 0 radical (unpaired) electrons. The van der Waals surface area contributed by atoms with Crippen molar-refractivity contribution < 1.29 is 29.0 Å². The largest absolute Gasteiger partial charge is 0.454 e. The molecule has 0 saturated heterocycles. The summed E-state index contributed by atoms with van der Waals surface area (Å²) in [5.74, 6) is -0.972. The van der Waals surface area contributed by atoms with Crippen LogP contribution in [0.15, 0.2) is 42.0 Å². The number of fused-ring (bicyclic) bond motifs is 5. The van der Waals surface area contributed by atoms with Crippen LogP contribution in [0.1, 0.15) is 69.2 Å². The smallest absolute Gasteiger partial charge is 0.338 e. The summed E-state index contributed by atoms with van der Waals surface area (Å²) in [6, 6.07) is 8.43. The molecule has 4 aliphatic rings. The third kappa shape index (κ3) is 3.25. The van der Waals surface area contributed by atoms with E-state index < -0.39 is 29.4 Å². The number of ketones is 3. The first-order valence-corrected chi connectivity index (χ1v) is 12.3. The van der Waals surface area contributed by atoms with Crippen LogP contribution in [0.4, 0.5) is 0 Å². The molecule has 0 aliphatic heterocycles. The molecule has 0 bridgehead atoms. The van der Waals surface area contributed by atoms with Crippen LogP contribution >= 0.6 is 0 Å². The van der Waals surface area contributed by atoms with Gasteiger partial charge in [-0.2, -0.15) is 0 Å². The Hall–Kier alpha value is -2.60. The fraction of sp³-hybridized carbons (Fsp3) is 0.571. The first kappa shape index (κ1) is 23.2. The summed E-state index contributed by atoms with van der Waals surface area (Å²) < 4.78 is 5.25. The highest BCUT2D eigenvalue weighted by molar-refractivity contribution is 5.96. The van der Waals surface area contributed by atoms with E-state index in [9.17, 15) is 24.3 Å². The molecule has 0 amide bonds. The van der Waals surface area contributed by atoms with Crippen molar-refractivity contribution in [3.05, 3.63) is 47.5 Å². The van der Waals surface area contributed by atoms with Crippen molar-refractivity contribution in [3.63, 3.8) is 0 Å². The second-order valence-corrected chi connectivity index (χ2v) is 11.2. The number of ether oxygens (including phenoxy) is 1. The predicted molar refractivity (Wildman–Crippen MR) is 124 cm³/mol. The third-order valence-electron chi connectivity index (χ3n) is 9.61. The molecule has 3 saturated carbocycles. The molecule has 6 heteroatoms. The van der Waals surface area contributed by atoms with Gasteiger partial charge in [0.25, 0.3) is 0 Å². The molecule has 6 nitrogen and oxygen atoms in total. The number of hydrogen-bond acceptors (Lipinski definition) is 6. The fourth-order valence-corrected chi connectivity index (χ4v) is 7.75. The first-order chi connectivity index (χ1) is 16.1. The average molecular weight is 465 g/mol. The number of allylic oxidation sites excluding steroid dienone is 1. The van der Waals surface area contributed by atoms with E-state index in [-0.39, 0.29) is 47.6 Å². The van der Waals surface area contributed by atoms with Crippen molar-refractivity contribution in [1.82, 2.24) is 0 Å². The van der Waals surface area contributed by atoms with Gasteiger partial charge in [-0.05, 0) is 67.6 Å². The van der Waals surface area contributed by atoms with Crippen molar-refractivity contribution in [2.45, 2.75) is 64.4 Å². The molecule has 34 heavy (non-hydrogen) atoms. The van der Waals surface area contributed by atoms with Crippen LogP contribution < -0.4 is 0 Å². The molecule has 1 N–H and O–H groups in total. The Morgan fingerprint density at radius 3 is 2.53 bits per heavy atom. The average Bonchev–Trinajstić information content (AvgIpc) is 3.09. The summed E-state index contributed by atoms with van der Waals surface area (Å²) in [5, 5.41) is 11.7. The van der Waals surface area contributed by atoms with Gasteiger partial charge in [-0.1, -0.05) is 37.6 Å². The number of benzene rings is 1. The van der Waals surface area contributed by atoms with Gasteiger partial charge >= 0.3 is 5.97 Å². The van der Waals surface area contributed by atoms with Crippen LogP contribution in [-0.2, 0) is 19.1 Å². The Bertz CT molecular complexity index is 1090. The van der Waals surface area contributed by atoms with Crippen molar-refractivity contribution in [2.24, 2.45) is 28.6 Å². The summed E-state index contributed by atoms with van der Waals surface area (Å²) in [5.41, 5.74) is -1.46. The van der Waals surface area contributed by atoms with Gasteiger partial charge in [-0.3, -0.25) is 14.4 Å². The topological polar surface area (TPSA) is 97.7 Å². The molecule has 0 heterocycles. The highest BCUT2D eigenvalue weighted by Gasteiger charge is 2.68. The number of esters is 1. The Morgan fingerprint density at radius 1 is 1.06 bits per heavy atom. The third-order valence-corrected chi connectivity index (χ3v) is 9.61. The zero-order valence-electron chi connectivity index (χ0n) is 19.8. The SMILES string of the molecule is CC12CCC(=O)C=C1CCC1C2C(=O)CC2(C)C1CCC2(O)C(=O)COC(=O)c1ccccc1. The van der Waals surface area contributed by atoms with Crippen LogP contribution in [-0.4, -0.2) is 40.6 Å². The normalized spacial score (nSPS) is 38.9. The van der Waals surface area contributed by atoms with E-state index in [0.29, 0.717) is 24.8 Å². The van der Waals surface area contributed by atoms with Crippen molar-refractivity contribution in [2.75, 3.05) is 6.61 Å². The predicted octanol–water partition coefficient (Wildman–Crippen LogP) is 3.85. The molecule has 5 rings (SSSR count). The number of hydrogen-bond donors (Lipinski definition) is 1. The number of carbonyl (C=O) groups excluding carboxylic acids is 4. The summed E-state index contributed by atoms with van der Waals surface area (Å²) in [6.07, 6.45) is 5.54. The van der Waals surface area contributed by atoms with Crippen LogP contribution in [0.5, 0.6) is 0 Å². The maximum Gasteiger partial charge on any atom is 0.338 e. The monoisotopic (exact) mass is 464 g/mol. The van der Waals surface area contributed by atoms with Gasteiger partial charge in [-0.15, -0.1) is 0 Å². The van der Waals surface area contributed by atoms with E-state index in [1.807, 2.05) is 6.92 Å². The number of rotatable bonds is 4.